The van der Waals surface area contributed by atoms with Crippen molar-refractivity contribution < 1.29 is 9.53 Å². The number of benzene rings is 1. The van der Waals surface area contributed by atoms with Crippen molar-refractivity contribution >= 4 is 5.91 Å². The fourth-order valence-electron chi connectivity index (χ4n) is 1.97. The van der Waals surface area contributed by atoms with Crippen LogP contribution in [0.25, 0.3) is 0 Å². The Labute approximate surface area is 115 Å². The van der Waals surface area contributed by atoms with Crippen LogP contribution in [0.2, 0.25) is 0 Å². The molecule has 106 valence electrons. The minimum absolute atomic E-state index is 0.323. The zero-order valence-electron chi connectivity index (χ0n) is 12.0. The molecular weight excluding hydrogens is 240 g/mol. The Morgan fingerprint density at radius 2 is 2.05 bits per heavy atom. The molecule has 1 aromatic carbocycles. The van der Waals surface area contributed by atoms with Crippen LogP contribution in [-0.4, -0.2) is 25.1 Å². The van der Waals surface area contributed by atoms with E-state index in [4.69, 9.17) is 10.5 Å². The number of rotatable bonds is 8. The monoisotopic (exact) mass is 264 g/mol. The number of likely N-dealkylation sites (N-methyl/N-ethyl adjacent to an activating group) is 1. The van der Waals surface area contributed by atoms with Crippen molar-refractivity contribution in [3.63, 3.8) is 0 Å². The van der Waals surface area contributed by atoms with Crippen LogP contribution in [-0.2, 0) is 4.79 Å². The number of nitrogens with two attached hydrogens (primary N) is 1. The van der Waals surface area contributed by atoms with Gasteiger partial charge in [-0.2, -0.15) is 0 Å². The Morgan fingerprint density at radius 1 is 1.37 bits per heavy atom. The first-order valence-electron chi connectivity index (χ1n) is 6.80. The summed E-state index contributed by atoms with van der Waals surface area (Å²) in [5, 5.41) is 3.05. The first kappa shape index (κ1) is 15.5. The number of nitrogens with one attached hydrogen (secondary N) is 1. The van der Waals surface area contributed by atoms with Crippen molar-refractivity contribution in [3.05, 3.63) is 29.8 Å². The second-order valence-electron chi connectivity index (χ2n) is 4.84. The molecule has 0 saturated carbocycles. The maximum Gasteiger partial charge on any atom is 0.234 e. The third kappa shape index (κ3) is 4.91. The lowest BCUT2D eigenvalue weighted by molar-refractivity contribution is -0.120. The van der Waals surface area contributed by atoms with Gasteiger partial charge in [0, 0.05) is 6.42 Å². The summed E-state index contributed by atoms with van der Waals surface area (Å²) in [6.45, 7) is 7.41. The molecule has 1 amide bonds. The molecule has 0 aliphatic carbocycles. The van der Waals surface area contributed by atoms with E-state index in [9.17, 15) is 4.79 Å². The first-order valence-corrected chi connectivity index (χ1v) is 6.80. The molecule has 1 rings (SSSR count). The molecule has 1 atom stereocenters. The second-order valence-corrected chi connectivity index (χ2v) is 4.84. The maximum absolute atomic E-state index is 11.2. The smallest absolute Gasteiger partial charge is 0.234 e. The molecule has 1 aromatic rings. The molecule has 0 heterocycles. The highest BCUT2D eigenvalue weighted by molar-refractivity contribution is 5.79. The second kappa shape index (κ2) is 7.79. The van der Waals surface area contributed by atoms with Crippen molar-refractivity contribution in [2.45, 2.75) is 39.2 Å². The van der Waals surface area contributed by atoms with Gasteiger partial charge in [-0.3, -0.25) is 4.79 Å². The summed E-state index contributed by atoms with van der Waals surface area (Å²) in [5.74, 6) is 0.969. The van der Waals surface area contributed by atoms with E-state index in [2.05, 4.69) is 25.2 Å². The maximum atomic E-state index is 11.2. The van der Waals surface area contributed by atoms with Crippen LogP contribution in [0.1, 0.15) is 38.7 Å². The summed E-state index contributed by atoms with van der Waals surface area (Å²) >= 11 is 0. The number of hydrogen-bond donors (Lipinski definition) is 2. The van der Waals surface area contributed by atoms with Gasteiger partial charge in [0.05, 0.1) is 12.6 Å². The SMILES string of the molecule is CCNC(CCOc1ccccc1C(C)C)C(N)=O. The highest BCUT2D eigenvalue weighted by Gasteiger charge is 2.14. The Balaban J connectivity index is 2.55. The lowest BCUT2D eigenvalue weighted by Crippen LogP contribution is -2.42. The van der Waals surface area contributed by atoms with Gasteiger partial charge in [-0.25, -0.2) is 0 Å². The van der Waals surface area contributed by atoms with E-state index >= 15 is 0 Å². The van der Waals surface area contributed by atoms with Crippen LogP contribution in [0.15, 0.2) is 24.3 Å². The highest BCUT2D eigenvalue weighted by atomic mass is 16.5. The summed E-state index contributed by atoms with van der Waals surface area (Å²) in [6, 6.07) is 7.66. The zero-order chi connectivity index (χ0) is 14.3. The first-order chi connectivity index (χ1) is 9.06. The number of primary amides is 1. The summed E-state index contributed by atoms with van der Waals surface area (Å²) < 4.78 is 5.78. The Morgan fingerprint density at radius 3 is 2.63 bits per heavy atom. The van der Waals surface area contributed by atoms with Gasteiger partial charge in [0.2, 0.25) is 5.91 Å². The van der Waals surface area contributed by atoms with E-state index in [0.717, 1.165) is 12.3 Å². The van der Waals surface area contributed by atoms with Gasteiger partial charge in [0.15, 0.2) is 0 Å². The molecule has 19 heavy (non-hydrogen) atoms. The fourth-order valence-corrected chi connectivity index (χ4v) is 1.97. The predicted octanol–water partition coefficient (Wildman–Crippen LogP) is 2.04. The molecule has 0 aliphatic heterocycles. The topological polar surface area (TPSA) is 64.3 Å². The minimum Gasteiger partial charge on any atom is -0.493 e. The standard InChI is InChI=1S/C15H24N2O2/c1-4-17-13(15(16)18)9-10-19-14-8-6-5-7-12(14)11(2)3/h5-8,11,13,17H,4,9-10H2,1-3H3,(H2,16,18). The van der Waals surface area contributed by atoms with Crippen LogP contribution in [0.5, 0.6) is 5.75 Å². The summed E-state index contributed by atoms with van der Waals surface area (Å²) in [6.07, 6.45) is 0.579. The molecule has 0 saturated heterocycles. The number of carbonyl (C=O) groups is 1. The van der Waals surface area contributed by atoms with Crippen LogP contribution in [0, 0.1) is 0 Å². The van der Waals surface area contributed by atoms with E-state index in [0.29, 0.717) is 18.9 Å². The van der Waals surface area contributed by atoms with Crippen molar-refractivity contribution in [2.24, 2.45) is 5.73 Å². The molecule has 0 spiro atoms. The van der Waals surface area contributed by atoms with E-state index in [-0.39, 0.29) is 11.9 Å². The van der Waals surface area contributed by atoms with Gasteiger partial charge >= 0.3 is 0 Å². The normalized spacial score (nSPS) is 12.4. The van der Waals surface area contributed by atoms with E-state index in [1.54, 1.807) is 0 Å². The number of hydrogen-bond acceptors (Lipinski definition) is 3. The molecule has 1 unspecified atom stereocenters. The van der Waals surface area contributed by atoms with Gasteiger partial charge in [-0.05, 0) is 24.1 Å². The van der Waals surface area contributed by atoms with Gasteiger partial charge in [0.1, 0.15) is 5.75 Å². The summed E-state index contributed by atoms with van der Waals surface area (Å²) in [4.78, 5) is 11.2. The molecule has 4 nitrogen and oxygen atoms in total. The molecule has 0 aliphatic rings. The van der Waals surface area contributed by atoms with Gasteiger partial charge in [0.25, 0.3) is 0 Å². The zero-order valence-corrected chi connectivity index (χ0v) is 12.0. The molecule has 0 aromatic heterocycles. The van der Waals surface area contributed by atoms with Gasteiger partial charge in [-0.1, -0.05) is 39.0 Å². The number of carbonyl (C=O) groups excluding carboxylic acids is 1. The van der Waals surface area contributed by atoms with E-state index in [1.807, 2.05) is 25.1 Å². The molecule has 3 N–H and O–H groups in total. The van der Waals surface area contributed by atoms with Crippen molar-refractivity contribution in [1.82, 2.24) is 5.32 Å². The van der Waals surface area contributed by atoms with Crippen molar-refractivity contribution in [2.75, 3.05) is 13.2 Å². The largest absolute Gasteiger partial charge is 0.493 e. The van der Waals surface area contributed by atoms with E-state index < -0.39 is 0 Å². The predicted molar refractivity (Wildman–Crippen MR) is 77.3 cm³/mol. The summed E-state index contributed by atoms with van der Waals surface area (Å²) in [7, 11) is 0. The molecule has 4 heteroatoms. The van der Waals surface area contributed by atoms with Gasteiger partial charge in [-0.15, -0.1) is 0 Å². The van der Waals surface area contributed by atoms with Crippen LogP contribution in [0.4, 0.5) is 0 Å². The van der Waals surface area contributed by atoms with Crippen molar-refractivity contribution in [1.29, 1.82) is 0 Å². The third-order valence-corrected chi connectivity index (χ3v) is 3.00. The lowest BCUT2D eigenvalue weighted by Gasteiger charge is -2.17. The Kier molecular flexibility index (Phi) is 6.36. The lowest BCUT2D eigenvalue weighted by atomic mass is 10.0. The molecule has 0 bridgehead atoms. The summed E-state index contributed by atoms with van der Waals surface area (Å²) in [5.41, 5.74) is 6.51. The highest BCUT2D eigenvalue weighted by Crippen LogP contribution is 2.25. The molecule has 0 radical (unpaired) electrons. The van der Waals surface area contributed by atoms with Crippen molar-refractivity contribution in [3.8, 4) is 5.75 Å². The third-order valence-electron chi connectivity index (χ3n) is 3.00. The van der Waals surface area contributed by atoms with Crippen LogP contribution < -0.4 is 15.8 Å². The number of ether oxygens (including phenoxy) is 1. The molecular formula is C15H24N2O2. The molecule has 0 fully saturated rings. The Bertz CT molecular complexity index is 405. The number of amides is 1. The van der Waals surface area contributed by atoms with E-state index in [1.165, 1.54) is 5.56 Å². The average molecular weight is 264 g/mol. The average Bonchev–Trinajstić information content (AvgIpc) is 2.38. The number of para-hydroxylation sites is 1. The fraction of sp³-hybridized carbons (Fsp3) is 0.533. The van der Waals surface area contributed by atoms with Gasteiger partial charge < -0.3 is 15.8 Å². The Hall–Kier alpha value is -1.55. The minimum atomic E-state index is -0.331. The van der Waals surface area contributed by atoms with Crippen LogP contribution in [0.3, 0.4) is 0 Å². The van der Waals surface area contributed by atoms with Crippen LogP contribution >= 0.6 is 0 Å². The quantitative estimate of drug-likeness (QED) is 0.755.